The molecule has 1 amide bonds. The molecular formula is C17H24N4O3. The Morgan fingerprint density at radius 1 is 1.46 bits per heavy atom. The van der Waals surface area contributed by atoms with Crippen LogP contribution in [-0.4, -0.2) is 58.1 Å². The van der Waals surface area contributed by atoms with Crippen molar-refractivity contribution in [2.75, 3.05) is 56.9 Å². The third-order valence-electron chi connectivity index (χ3n) is 4.37. The normalized spacial score (nSPS) is 16.0. The number of likely N-dealkylation sites (N-methyl/N-ethyl adjacent to an activating group) is 1. The van der Waals surface area contributed by atoms with Crippen molar-refractivity contribution in [2.45, 2.75) is 6.92 Å². The lowest BCUT2D eigenvalue weighted by Gasteiger charge is -2.33. The first-order chi connectivity index (χ1) is 11.6. The van der Waals surface area contributed by atoms with E-state index in [1.54, 1.807) is 4.90 Å². The van der Waals surface area contributed by atoms with E-state index in [2.05, 4.69) is 22.2 Å². The van der Waals surface area contributed by atoms with Crippen molar-refractivity contribution >= 4 is 17.5 Å². The van der Waals surface area contributed by atoms with E-state index in [0.29, 0.717) is 13.2 Å². The predicted octanol–water partition coefficient (Wildman–Crippen LogP) is 1.81. The third kappa shape index (κ3) is 3.06. The Kier molecular flexibility index (Phi) is 4.69. The summed E-state index contributed by atoms with van der Waals surface area (Å²) < 4.78 is 10.6. The van der Waals surface area contributed by atoms with Crippen LogP contribution >= 0.6 is 0 Å². The second kappa shape index (κ2) is 6.90. The van der Waals surface area contributed by atoms with Crippen molar-refractivity contribution in [2.24, 2.45) is 0 Å². The minimum atomic E-state index is -0.358. The van der Waals surface area contributed by atoms with Gasteiger partial charge in [-0.2, -0.15) is 0 Å². The van der Waals surface area contributed by atoms with Crippen LogP contribution in [0.5, 0.6) is 5.75 Å². The second-order valence-electron chi connectivity index (χ2n) is 5.83. The quantitative estimate of drug-likeness (QED) is 0.908. The molecule has 0 atom stereocenters. The van der Waals surface area contributed by atoms with Gasteiger partial charge < -0.3 is 24.6 Å². The molecule has 0 radical (unpaired) electrons. The van der Waals surface area contributed by atoms with E-state index in [9.17, 15) is 4.79 Å². The highest BCUT2D eigenvalue weighted by atomic mass is 16.5. The van der Waals surface area contributed by atoms with Crippen LogP contribution in [0.2, 0.25) is 0 Å². The van der Waals surface area contributed by atoms with Crippen LogP contribution in [-0.2, 0) is 4.74 Å². The molecule has 0 spiro atoms. The summed E-state index contributed by atoms with van der Waals surface area (Å²) >= 11 is 0. The molecule has 0 bridgehead atoms. The molecule has 1 N–H and O–H groups in total. The van der Waals surface area contributed by atoms with Crippen molar-refractivity contribution in [1.29, 1.82) is 0 Å². The smallest absolute Gasteiger partial charge is 0.413 e. The molecule has 3 rings (SSSR count). The highest BCUT2D eigenvalue weighted by Gasteiger charge is 2.24. The SMILES string of the molecule is CCN(C(=O)OC)c1ccc2c(c1)N(CC1=CNCN1C)CCO2. The molecule has 0 saturated carbocycles. The van der Waals surface area contributed by atoms with Gasteiger partial charge in [-0.3, -0.25) is 4.90 Å². The Labute approximate surface area is 142 Å². The summed E-state index contributed by atoms with van der Waals surface area (Å²) in [6.07, 6.45) is 1.69. The molecular weight excluding hydrogens is 308 g/mol. The minimum Gasteiger partial charge on any atom is -0.490 e. The third-order valence-corrected chi connectivity index (χ3v) is 4.37. The number of anilines is 2. The Bertz CT molecular complexity index is 647. The summed E-state index contributed by atoms with van der Waals surface area (Å²) in [5.74, 6) is 0.847. The monoisotopic (exact) mass is 332 g/mol. The van der Waals surface area contributed by atoms with Crippen molar-refractivity contribution in [3.05, 3.63) is 30.1 Å². The fourth-order valence-electron chi connectivity index (χ4n) is 2.99. The van der Waals surface area contributed by atoms with E-state index >= 15 is 0 Å². The Morgan fingerprint density at radius 2 is 2.29 bits per heavy atom. The van der Waals surface area contributed by atoms with Crippen LogP contribution in [0.4, 0.5) is 16.2 Å². The maximum absolute atomic E-state index is 11.9. The Hall–Kier alpha value is -2.57. The average molecular weight is 332 g/mol. The molecule has 1 aromatic carbocycles. The number of benzene rings is 1. The van der Waals surface area contributed by atoms with Crippen LogP contribution in [0.25, 0.3) is 0 Å². The molecule has 130 valence electrons. The first-order valence-corrected chi connectivity index (χ1v) is 8.15. The number of rotatable bonds is 4. The number of nitrogens with one attached hydrogen (secondary N) is 1. The highest BCUT2D eigenvalue weighted by molar-refractivity contribution is 5.88. The van der Waals surface area contributed by atoms with Crippen LogP contribution in [0.1, 0.15) is 6.92 Å². The predicted molar refractivity (Wildman–Crippen MR) is 93.4 cm³/mol. The maximum Gasteiger partial charge on any atom is 0.413 e. The zero-order valence-corrected chi connectivity index (χ0v) is 14.4. The molecule has 1 aromatic rings. The van der Waals surface area contributed by atoms with E-state index in [-0.39, 0.29) is 6.09 Å². The van der Waals surface area contributed by atoms with Crippen LogP contribution in [0.3, 0.4) is 0 Å². The molecule has 2 aliphatic rings. The summed E-state index contributed by atoms with van der Waals surface area (Å²) in [5, 5.41) is 3.23. The molecule has 0 aromatic heterocycles. The lowest BCUT2D eigenvalue weighted by Crippen LogP contribution is -2.37. The van der Waals surface area contributed by atoms with Crippen molar-refractivity contribution < 1.29 is 14.3 Å². The van der Waals surface area contributed by atoms with Gasteiger partial charge in [0, 0.05) is 25.5 Å². The standard InChI is InChI=1S/C17H24N4O3/c1-4-21(17(22)23-3)13-5-6-16-15(9-13)20(7-8-24-16)11-14-10-18-12-19(14)2/h5-6,9-10,18H,4,7-8,11-12H2,1-3H3. The molecule has 0 saturated heterocycles. The second-order valence-corrected chi connectivity index (χ2v) is 5.83. The van der Waals surface area contributed by atoms with E-state index in [0.717, 1.165) is 36.9 Å². The highest BCUT2D eigenvalue weighted by Crippen LogP contribution is 2.36. The van der Waals surface area contributed by atoms with E-state index in [1.807, 2.05) is 31.3 Å². The molecule has 7 heteroatoms. The molecule has 7 nitrogen and oxygen atoms in total. The molecule has 0 fully saturated rings. The Morgan fingerprint density at radius 3 is 2.96 bits per heavy atom. The zero-order valence-electron chi connectivity index (χ0n) is 14.4. The first kappa shape index (κ1) is 16.3. The minimum absolute atomic E-state index is 0.358. The average Bonchev–Trinajstić information content (AvgIpc) is 3.00. The van der Waals surface area contributed by atoms with Crippen LogP contribution < -0.4 is 19.9 Å². The largest absolute Gasteiger partial charge is 0.490 e. The van der Waals surface area contributed by atoms with E-state index in [4.69, 9.17) is 9.47 Å². The van der Waals surface area contributed by atoms with Crippen LogP contribution in [0, 0.1) is 0 Å². The van der Waals surface area contributed by atoms with Gasteiger partial charge in [0.1, 0.15) is 12.4 Å². The summed E-state index contributed by atoms with van der Waals surface area (Å²) in [5.41, 5.74) is 3.04. The van der Waals surface area contributed by atoms with Gasteiger partial charge in [0.15, 0.2) is 0 Å². The Balaban J connectivity index is 1.88. The van der Waals surface area contributed by atoms with Gasteiger partial charge in [0.2, 0.25) is 0 Å². The summed E-state index contributed by atoms with van der Waals surface area (Å²) in [4.78, 5) is 18.0. The number of carbonyl (C=O) groups is 1. The van der Waals surface area contributed by atoms with Gasteiger partial charge in [-0.05, 0) is 25.1 Å². The lowest BCUT2D eigenvalue weighted by molar-refractivity contribution is 0.179. The number of ether oxygens (including phenoxy) is 2. The summed E-state index contributed by atoms with van der Waals surface area (Å²) in [7, 11) is 3.47. The summed E-state index contributed by atoms with van der Waals surface area (Å²) in [6.45, 7) is 5.57. The van der Waals surface area contributed by atoms with Gasteiger partial charge in [0.05, 0.1) is 38.3 Å². The van der Waals surface area contributed by atoms with Gasteiger partial charge in [-0.25, -0.2) is 4.79 Å². The van der Waals surface area contributed by atoms with Crippen LogP contribution in [0.15, 0.2) is 30.1 Å². The number of hydrogen-bond donors (Lipinski definition) is 1. The van der Waals surface area contributed by atoms with Crippen molar-refractivity contribution in [1.82, 2.24) is 10.2 Å². The molecule has 2 aliphatic heterocycles. The van der Waals surface area contributed by atoms with Gasteiger partial charge in [0.25, 0.3) is 0 Å². The zero-order chi connectivity index (χ0) is 17.1. The number of nitrogens with zero attached hydrogens (tertiary/aromatic N) is 3. The van der Waals surface area contributed by atoms with Crippen molar-refractivity contribution in [3.63, 3.8) is 0 Å². The summed E-state index contributed by atoms with van der Waals surface area (Å²) in [6, 6.07) is 5.82. The fraction of sp³-hybridized carbons (Fsp3) is 0.471. The van der Waals surface area contributed by atoms with Crippen molar-refractivity contribution in [3.8, 4) is 5.75 Å². The molecule has 0 aliphatic carbocycles. The number of methoxy groups -OCH3 is 1. The molecule has 24 heavy (non-hydrogen) atoms. The van der Waals surface area contributed by atoms with E-state index in [1.165, 1.54) is 12.8 Å². The fourth-order valence-corrected chi connectivity index (χ4v) is 2.99. The van der Waals surface area contributed by atoms with Gasteiger partial charge >= 0.3 is 6.09 Å². The lowest BCUT2D eigenvalue weighted by atomic mass is 10.2. The topological polar surface area (TPSA) is 57.3 Å². The van der Waals surface area contributed by atoms with Gasteiger partial charge in [-0.1, -0.05) is 0 Å². The maximum atomic E-state index is 11.9. The molecule has 2 heterocycles. The number of amides is 1. The van der Waals surface area contributed by atoms with Gasteiger partial charge in [-0.15, -0.1) is 0 Å². The first-order valence-electron chi connectivity index (χ1n) is 8.15. The number of fused-ring (bicyclic) bond motifs is 1. The van der Waals surface area contributed by atoms with E-state index < -0.39 is 0 Å². The number of carbonyl (C=O) groups excluding carboxylic acids is 1. The number of hydrogen-bond acceptors (Lipinski definition) is 6. The molecule has 0 unspecified atom stereocenters.